The zero-order valence-electron chi connectivity index (χ0n) is 8.92. The standard InChI is InChI=1S/C10H17NOS/c1-7(2)12-8-6-13-9(11-8)10(3,4)5/h6-7H,1-5H3. The van der Waals surface area contributed by atoms with Gasteiger partial charge in [-0.15, -0.1) is 11.3 Å². The fourth-order valence-electron chi connectivity index (χ4n) is 0.899. The van der Waals surface area contributed by atoms with Gasteiger partial charge < -0.3 is 4.74 Å². The number of rotatable bonds is 2. The molecule has 74 valence electrons. The van der Waals surface area contributed by atoms with E-state index in [0.717, 1.165) is 10.9 Å². The lowest BCUT2D eigenvalue weighted by molar-refractivity contribution is 0.233. The second-order valence-electron chi connectivity index (χ2n) is 4.41. The van der Waals surface area contributed by atoms with E-state index in [1.165, 1.54) is 0 Å². The highest BCUT2D eigenvalue weighted by Gasteiger charge is 2.18. The van der Waals surface area contributed by atoms with Gasteiger partial charge in [-0.2, -0.15) is 0 Å². The molecule has 0 unspecified atom stereocenters. The Hall–Kier alpha value is -0.570. The Balaban J connectivity index is 2.75. The highest BCUT2D eigenvalue weighted by Crippen LogP contribution is 2.28. The molecule has 0 aliphatic rings. The summed E-state index contributed by atoms with van der Waals surface area (Å²) in [6.45, 7) is 10.5. The molecule has 0 bridgehead atoms. The van der Waals surface area contributed by atoms with Crippen LogP contribution < -0.4 is 4.74 Å². The smallest absolute Gasteiger partial charge is 0.224 e. The maximum Gasteiger partial charge on any atom is 0.224 e. The largest absolute Gasteiger partial charge is 0.474 e. The molecule has 0 aromatic carbocycles. The van der Waals surface area contributed by atoms with Gasteiger partial charge >= 0.3 is 0 Å². The van der Waals surface area contributed by atoms with Gasteiger partial charge in [-0.05, 0) is 13.8 Å². The van der Waals surface area contributed by atoms with Crippen LogP contribution in [0, 0.1) is 0 Å². The molecule has 1 aromatic heterocycles. The third-order valence-corrected chi connectivity index (χ3v) is 2.73. The lowest BCUT2D eigenvalue weighted by Gasteiger charge is -2.13. The number of thiazole rings is 1. The quantitative estimate of drug-likeness (QED) is 0.729. The van der Waals surface area contributed by atoms with Crippen molar-refractivity contribution in [3.8, 4) is 5.88 Å². The zero-order valence-corrected chi connectivity index (χ0v) is 9.73. The molecule has 0 N–H and O–H groups in total. The first kappa shape index (κ1) is 10.5. The van der Waals surface area contributed by atoms with E-state index in [2.05, 4.69) is 25.8 Å². The van der Waals surface area contributed by atoms with E-state index in [0.29, 0.717) is 0 Å². The molecule has 0 radical (unpaired) electrons. The summed E-state index contributed by atoms with van der Waals surface area (Å²) < 4.78 is 5.49. The predicted octanol–water partition coefficient (Wildman–Crippen LogP) is 3.23. The van der Waals surface area contributed by atoms with Gasteiger partial charge in [0.05, 0.1) is 11.5 Å². The number of ether oxygens (including phenoxy) is 1. The molecule has 13 heavy (non-hydrogen) atoms. The molecule has 0 saturated carbocycles. The second-order valence-corrected chi connectivity index (χ2v) is 5.27. The minimum atomic E-state index is 0.128. The summed E-state index contributed by atoms with van der Waals surface area (Å²) in [6, 6.07) is 0. The van der Waals surface area contributed by atoms with Gasteiger partial charge in [0.1, 0.15) is 5.01 Å². The molecule has 1 rings (SSSR count). The summed E-state index contributed by atoms with van der Waals surface area (Å²) in [4.78, 5) is 4.42. The van der Waals surface area contributed by atoms with Crippen LogP contribution in [-0.4, -0.2) is 11.1 Å². The highest BCUT2D eigenvalue weighted by atomic mass is 32.1. The van der Waals surface area contributed by atoms with Crippen LogP contribution in [0.25, 0.3) is 0 Å². The van der Waals surface area contributed by atoms with Crippen molar-refractivity contribution in [3.05, 3.63) is 10.4 Å². The predicted molar refractivity (Wildman–Crippen MR) is 56.6 cm³/mol. The van der Waals surface area contributed by atoms with Gasteiger partial charge in [-0.25, -0.2) is 4.98 Å². The first-order valence-corrected chi connectivity index (χ1v) is 5.40. The van der Waals surface area contributed by atoms with Crippen LogP contribution in [0.3, 0.4) is 0 Å². The zero-order chi connectivity index (χ0) is 10.1. The molecule has 0 spiro atoms. The summed E-state index contributed by atoms with van der Waals surface area (Å²) in [7, 11) is 0. The lowest BCUT2D eigenvalue weighted by atomic mass is 9.98. The molecule has 0 saturated heterocycles. The average Bonchev–Trinajstić information content (AvgIpc) is 2.32. The third-order valence-electron chi connectivity index (χ3n) is 1.48. The van der Waals surface area contributed by atoms with Crippen molar-refractivity contribution in [3.63, 3.8) is 0 Å². The third kappa shape index (κ3) is 2.99. The van der Waals surface area contributed by atoms with E-state index >= 15 is 0 Å². The van der Waals surface area contributed by atoms with Crippen LogP contribution in [0.5, 0.6) is 5.88 Å². The van der Waals surface area contributed by atoms with E-state index in [4.69, 9.17) is 4.74 Å². The molecule has 2 nitrogen and oxygen atoms in total. The fraction of sp³-hybridized carbons (Fsp3) is 0.700. The second kappa shape index (κ2) is 3.66. The van der Waals surface area contributed by atoms with Gasteiger partial charge in [0.2, 0.25) is 5.88 Å². The van der Waals surface area contributed by atoms with Crippen LogP contribution in [0.2, 0.25) is 0 Å². The lowest BCUT2D eigenvalue weighted by Crippen LogP contribution is -2.11. The van der Waals surface area contributed by atoms with E-state index in [1.807, 2.05) is 19.2 Å². The average molecular weight is 199 g/mol. The van der Waals surface area contributed by atoms with E-state index in [-0.39, 0.29) is 11.5 Å². The number of hydrogen-bond donors (Lipinski definition) is 0. The van der Waals surface area contributed by atoms with Crippen molar-refractivity contribution in [1.82, 2.24) is 4.98 Å². The molecule has 0 fully saturated rings. The summed E-state index contributed by atoms with van der Waals surface area (Å²) in [6.07, 6.45) is 0.204. The Morgan fingerprint density at radius 3 is 2.38 bits per heavy atom. The normalized spacial score (nSPS) is 12.2. The van der Waals surface area contributed by atoms with Crippen molar-refractivity contribution in [2.75, 3.05) is 0 Å². The number of nitrogens with zero attached hydrogens (tertiary/aromatic N) is 1. The summed E-state index contributed by atoms with van der Waals surface area (Å²) >= 11 is 1.66. The molecular formula is C10H17NOS. The van der Waals surface area contributed by atoms with Crippen LogP contribution in [0.15, 0.2) is 5.38 Å². The first-order valence-electron chi connectivity index (χ1n) is 4.52. The Kier molecular flexibility index (Phi) is 2.96. The summed E-state index contributed by atoms with van der Waals surface area (Å²) in [5, 5.41) is 3.10. The van der Waals surface area contributed by atoms with Crippen molar-refractivity contribution < 1.29 is 4.74 Å². The van der Waals surface area contributed by atoms with Crippen molar-refractivity contribution in [2.45, 2.75) is 46.1 Å². The topological polar surface area (TPSA) is 22.1 Å². The monoisotopic (exact) mass is 199 g/mol. The van der Waals surface area contributed by atoms with Crippen molar-refractivity contribution >= 4 is 11.3 Å². The van der Waals surface area contributed by atoms with E-state index < -0.39 is 0 Å². The van der Waals surface area contributed by atoms with Gasteiger partial charge in [0.25, 0.3) is 0 Å². The van der Waals surface area contributed by atoms with E-state index in [1.54, 1.807) is 11.3 Å². The maximum absolute atomic E-state index is 5.49. The highest BCUT2D eigenvalue weighted by molar-refractivity contribution is 7.10. The maximum atomic E-state index is 5.49. The minimum absolute atomic E-state index is 0.128. The Morgan fingerprint density at radius 2 is 2.00 bits per heavy atom. The van der Waals surface area contributed by atoms with Gasteiger partial charge in [0, 0.05) is 5.41 Å². The molecular weight excluding hydrogens is 182 g/mol. The Bertz CT molecular complexity index is 273. The van der Waals surface area contributed by atoms with Gasteiger partial charge in [-0.3, -0.25) is 0 Å². The van der Waals surface area contributed by atoms with Crippen molar-refractivity contribution in [1.29, 1.82) is 0 Å². The van der Waals surface area contributed by atoms with Crippen LogP contribution in [-0.2, 0) is 5.41 Å². The summed E-state index contributed by atoms with van der Waals surface area (Å²) in [5.41, 5.74) is 0.128. The number of hydrogen-bond acceptors (Lipinski definition) is 3. The fourth-order valence-corrected chi connectivity index (χ4v) is 1.72. The van der Waals surface area contributed by atoms with Gasteiger partial charge in [0.15, 0.2) is 0 Å². The Labute approximate surface area is 84.0 Å². The molecule has 0 atom stereocenters. The number of aromatic nitrogens is 1. The van der Waals surface area contributed by atoms with Crippen molar-refractivity contribution in [2.24, 2.45) is 0 Å². The molecule has 0 amide bonds. The summed E-state index contributed by atoms with van der Waals surface area (Å²) in [5.74, 6) is 0.755. The molecule has 3 heteroatoms. The first-order chi connectivity index (χ1) is 5.89. The van der Waals surface area contributed by atoms with Crippen LogP contribution in [0.1, 0.15) is 39.6 Å². The Morgan fingerprint density at radius 1 is 1.38 bits per heavy atom. The minimum Gasteiger partial charge on any atom is -0.474 e. The van der Waals surface area contributed by atoms with Gasteiger partial charge in [-0.1, -0.05) is 20.8 Å². The van der Waals surface area contributed by atoms with Crippen LogP contribution in [0.4, 0.5) is 0 Å². The molecule has 0 aliphatic heterocycles. The molecule has 1 aromatic rings. The molecule has 1 heterocycles. The van der Waals surface area contributed by atoms with E-state index in [9.17, 15) is 0 Å². The SMILES string of the molecule is CC(C)Oc1csc(C(C)(C)C)n1. The van der Waals surface area contributed by atoms with Crippen LogP contribution >= 0.6 is 11.3 Å². The molecule has 0 aliphatic carbocycles.